The number of ether oxygens (including phenoxy) is 1. The summed E-state index contributed by atoms with van der Waals surface area (Å²) in [4.78, 5) is 17.1. The maximum Gasteiger partial charge on any atom is 0.255 e. The zero-order valence-corrected chi connectivity index (χ0v) is 15.9. The van der Waals surface area contributed by atoms with Crippen LogP contribution in [0, 0.1) is 0 Å². The first kappa shape index (κ1) is 18.5. The maximum atomic E-state index is 12.8. The molecule has 7 nitrogen and oxygen atoms in total. The van der Waals surface area contributed by atoms with Crippen LogP contribution in [0.2, 0.25) is 0 Å². The molecule has 0 radical (unpaired) electrons. The Labute approximate surface area is 163 Å². The fourth-order valence-corrected chi connectivity index (χ4v) is 4.53. The number of anilines is 1. The van der Waals surface area contributed by atoms with Gasteiger partial charge >= 0.3 is 0 Å². The van der Waals surface area contributed by atoms with Crippen molar-refractivity contribution in [2.45, 2.75) is 4.90 Å². The lowest BCUT2D eigenvalue weighted by atomic mass is 10.2. The Morgan fingerprint density at radius 3 is 2.64 bits per heavy atom. The number of pyridine rings is 1. The summed E-state index contributed by atoms with van der Waals surface area (Å²) in [6, 6.07) is 15.5. The average molecular weight is 397 g/mol. The second kappa shape index (κ2) is 7.67. The summed E-state index contributed by atoms with van der Waals surface area (Å²) in [7, 11) is -3.66. The van der Waals surface area contributed by atoms with Gasteiger partial charge in [-0.1, -0.05) is 24.3 Å². The molecule has 0 unspecified atom stereocenters. The maximum absolute atomic E-state index is 12.8. The Morgan fingerprint density at radius 2 is 1.82 bits per heavy atom. The molecule has 28 heavy (non-hydrogen) atoms. The van der Waals surface area contributed by atoms with Crippen LogP contribution in [0.1, 0.15) is 10.4 Å². The summed E-state index contributed by atoms with van der Waals surface area (Å²) in [6.07, 6.45) is 1.58. The minimum Gasteiger partial charge on any atom is -0.379 e. The van der Waals surface area contributed by atoms with Gasteiger partial charge in [-0.05, 0) is 30.3 Å². The van der Waals surface area contributed by atoms with Crippen molar-refractivity contribution in [2.24, 2.45) is 0 Å². The molecule has 144 valence electrons. The smallest absolute Gasteiger partial charge is 0.255 e. The number of nitrogens with zero attached hydrogens (tertiary/aromatic N) is 2. The number of para-hydroxylation sites is 1. The van der Waals surface area contributed by atoms with Gasteiger partial charge in [-0.15, -0.1) is 0 Å². The van der Waals surface area contributed by atoms with Gasteiger partial charge in [-0.2, -0.15) is 4.31 Å². The van der Waals surface area contributed by atoms with E-state index in [0.717, 1.165) is 10.9 Å². The summed E-state index contributed by atoms with van der Waals surface area (Å²) in [5, 5.41) is 3.69. The van der Waals surface area contributed by atoms with Crippen molar-refractivity contribution in [3.8, 4) is 0 Å². The largest absolute Gasteiger partial charge is 0.379 e. The SMILES string of the molecule is O=C(Nc1cnc2ccccc2c1)c1cccc(S(=O)(=O)N2CCOCC2)c1. The zero-order chi connectivity index (χ0) is 19.6. The minimum atomic E-state index is -3.66. The number of aromatic nitrogens is 1. The number of amides is 1. The van der Waals surface area contributed by atoms with Gasteiger partial charge in [0.1, 0.15) is 0 Å². The second-order valence-corrected chi connectivity index (χ2v) is 8.35. The highest BCUT2D eigenvalue weighted by atomic mass is 32.2. The molecule has 2 aromatic carbocycles. The standard InChI is InChI=1S/C20H19N3O4S/c24-20(22-17-12-15-4-1-2-7-19(15)21-14-17)16-5-3-6-18(13-16)28(25,26)23-8-10-27-11-9-23/h1-7,12-14H,8-11H2,(H,22,24). The van der Waals surface area contributed by atoms with E-state index in [-0.39, 0.29) is 10.5 Å². The number of sulfonamides is 1. The molecule has 1 aromatic heterocycles. The van der Waals surface area contributed by atoms with Gasteiger partial charge < -0.3 is 10.1 Å². The van der Waals surface area contributed by atoms with Gasteiger partial charge in [0.2, 0.25) is 10.0 Å². The molecular formula is C20H19N3O4S. The van der Waals surface area contributed by atoms with Crippen molar-refractivity contribution >= 4 is 32.5 Å². The van der Waals surface area contributed by atoms with Crippen molar-refractivity contribution in [2.75, 3.05) is 31.6 Å². The molecule has 8 heteroatoms. The van der Waals surface area contributed by atoms with E-state index < -0.39 is 15.9 Å². The molecule has 0 aliphatic carbocycles. The number of benzene rings is 2. The van der Waals surface area contributed by atoms with Crippen molar-refractivity contribution in [3.63, 3.8) is 0 Å². The molecular weight excluding hydrogens is 378 g/mol. The average Bonchev–Trinajstić information content (AvgIpc) is 2.74. The van der Waals surface area contributed by atoms with Gasteiger partial charge in [0.25, 0.3) is 5.91 Å². The molecule has 0 saturated carbocycles. The minimum absolute atomic E-state index is 0.0960. The molecule has 3 aromatic rings. The van der Waals surface area contributed by atoms with Gasteiger partial charge in [0.05, 0.1) is 35.5 Å². The predicted octanol–water partition coefficient (Wildman–Crippen LogP) is 2.51. The van der Waals surface area contributed by atoms with Gasteiger partial charge in [-0.3, -0.25) is 9.78 Å². The number of rotatable bonds is 4. The van der Waals surface area contributed by atoms with Crippen LogP contribution < -0.4 is 5.32 Å². The quantitative estimate of drug-likeness (QED) is 0.731. The van der Waals surface area contributed by atoms with Crippen molar-refractivity contribution < 1.29 is 17.9 Å². The van der Waals surface area contributed by atoms with Crippen LogP contribution in [0.5, 0.6) is 0 Å². The van der Waals surface area contributed by atoms with Gasteiger partial charge in [0.15, 0.2) is 0 Å². The number of nitrogens with one attached hydrogen (secondary N) is 1. The molecule has 1 aliphatic heterocycles. The molecule has 1 amide bonds. The van der Waals surface area contributed by atoms with Gasteiger partial charge in [-0.25, -0.2) is 8.42 Å². The van der Waals surface area contributed by atoms with E-state index in [1.54, 1.807) is 18.3 Å². The summed E-state index contributed by atoms with van der Waals surface area (Å²) >= 11 is 0. The highest BCUT2D eigenvalue weighted by molar-refractivity contribution is 7.89. The Kier molecular flexibility index (Phi) is 5.08. The topological polar surface area (TPSA) is 88.6 Å². The van der Waals surface area contributed by atoms with E-state index in [1.165, 1.54) is 16.4 Å². The summed E-state index contributed by atoms with van der Waals surface area (Å²) in [5.41, 5.74) is 1.65. The van der Waals surface area contributed by atoms with Crippen LogP contribution in [0.25, 0.3) is 10.9 Å². The Bertz CT molecular complexity index is 1130. The van der Waals surface area contributed by atoms with Gasteiger partial charge in [0, 0.05) is 24.0 Å². The first-order chi connectivity index (χ1) is 13.5. The predicted molar refractivity (Wildman–Crippen MR) is 106 cm³/mol. The highest BCUT2D eigenvalue weighted by Crippen LogP contribution is 2.20. The molecule has 1 N–H and O–H groups in total. The molecule has 4 rings (SSSR count). The molecule has 0 atom stereocenters. The van der Waals surface area contributed by atoms with E-state index in [1.807, 2.05) is 30.3 Å². The first-order valence-electron chi connectivity index (χ1n) is 8.88. The molecule has 1 fully saturated rings. The van der Waals surface area contributed by atoms with Crippen LogP contribution >= 0.6 is 0 Å². The van der Waals surface area contributed by atoms with E-state index in [2.05, 4.69) is 10.3 Å². The van der Waals surface area contributed by atoms with Crippen LogP contribution in [-0.4, -0.2) is 49.9 Å². The summed E-state index contributed by atoms with van der Waals surface area (Å²) in [6.45, 7) is 1.35. The Morgan fingerprint density at radius 1 is 1.04 bits per heavy atom. The monoisotopic (exact) mass is 397 g/mol. The molecule has 1 aliphatic rings. The van der Waals surface area contributed by atoms with Crippen LogP contribution in [0.15, 0.2) is 65.7 Å². The highest BCUT2D eigenvalue weighted by Gasteiger charge is 2.26. The van der Waals surface area contributed by atoms with E-state index in [0.29, 0.717) is 32.0 Å². The third-order valence-corrected chi connectivity index (χ3v) is 6.45. The van der Waals surface area contributed by atoms with Crippen LogP contribution in [-0.2, 0) is 14.8 Å². The summed E-state index contributed by atoms with van der Waals surface area (Å²) < 4.78 is 32.2. The third-order valence-electron chi connectivity index (χ3n) is 4.55. The lowest BCUT2D eigenvalue weighted by Crippen LogP contribution is -2.40. The molecule has 0 spiro atoms. The number of hydrogen-bond acceptors (Lipinski definition) is 5. The second-order valence-electron chi connectivity index (χ2n) is 6.42. The lowest BCUT2D eigenvalue weighted by Gasteiger charge is -2.26. The molecule has 1 saturated heterocycles. The van der Waals surface area contributed by atoms with Crippen molar-refractivity contribution in [1.29, 1.82) is 0 Å². The lowest BCUT2D eigenvalue weighted by molar-refractivity contribution is 0.0730. The number of fused-ring (bicyclic) bond motifs is 1. The van der Waals surface area contributed by atoms with E-state index in [9.17, 15) is 13.2 Å². The fourth-order valence-electron chi connectivity index (χ4n) is 3.08. The Balaban J connectivity index is 1.57. The molecule has 2 heterocycles. The number of carbonyl (C=O) groups is 1. The van der Waals surface area contributed by atoms with Crippen LogP contribution in [0.4, 0.5) is 5.69 Å². The van der Waals surface area contributed by atoms with E-state index in [4.69, 9.17) is 4.74 Å². The molecule has 0 bridgehead atoms. The fraction of sp³-hybridized carbons (Fsp3) is 0.200. The Hall–Kier alpha value is -2.81. The van der Waals surface area contributed by atoms with E-state index >= 15 is 0 Å². The number of morpholine rings is 1. The van der Waals surface area contributed by atoms with Crippen molar-refractivity contribution in [3.05, 3.63) is 66.4 Å². The number of hydrogen-bond donors (Lipinski definition) is 1. The number of carbonyl (C=O) groups excluding carboxylic acids is 1. The summed E-state index contributed by atoms with van der Waals surface area (Å²) in [5.74, 6) is -0.392. The zero-order valence-electron chi connectivity index (χ0n) is 15.0. The van der Waals surface area contributed by atoms with Crippen LogP contribution in [0.3, 0.4) is 0 Å². The normalized spacial score (nSPS) is 15.4. The van der Waals surface area contributed by atoms with Crippen molar-refractivity contribution in [1.82, 2.24) is 9.29 Å². The first-order valence-corrected chi connectivity index (χ1v) is 10.3. The third kappa shape index (κ3) is 3.75.